The maximum Gasteiger partial charge on any atom is 0.187 e. The lowest BCUT2D eigenvalue weighted by Gasteiger charge is -2.17. The Balaban J connectivity index is 1.51. The molecule has 0 bridgehead atoms. The van der Waals surface area contributed by atoms with Crippen LogP contribution in [0.4, 0.5) is 20.9 Å². The van der Waals surface area contributed by atoms with Gasteiger partial charge in [-0.1, -0.05) is 24.3 Å². The third-order valence-electron chi connectivity index (χ3n) is 4.25. The van der Waals surface area contributed by atoms with Crippen LogP contribution < -0.4 is 10.2 Å². The summed E-state index contributed by atoms with van der Waals surface area (Å²) in [6, 6.07) is 15.2. The van der Waals surface area contributed by atoms with Crippen molar-refractivity contribution in [2.75, 3.05) is 23.3 Å². The summed E-state index contributed by atoms with van der Waals surface area (Å²) in [4.78, 5) is 6.98. The fraction of sp³-hybridized carbons (Fsp3) is 0.211. The quantitative estimate of drug-likeness (QED) is 0.700. The van der Waals surface area contributed by atoms with E-state index >= 15 is 0 Å². The standard InChI is InChI=1S/C19H18FN3S/c20-16-5-1-2-6-17(16)21-19-22-18(13-24-19)14-7-9-15(10-8-14)23-11-3-4-12-23/h1-2,5-10,13H,3-4,11-12H2,(H,21,22). The van der Waals surface area contributed by atoms with E-state index in [0.717, 1.165) is 24.3 Å². The summed E-state index contributed by atoms with van der Waals surface area (Å²) in [6.07, 6.45) is 2.55. The van der Waals surface area contributed by atoms with Gasteiger partial charge in [0.2, 0.25) is 0 Å². The lowest BCUT2D eigenvalue weighted by Crippen LogP contribution is -2.17. The van der Waals surface area contributed by atoms with Crippen LogP contribution in [0.1, 0.15) is 12.8 Å². The van der Waals surface area contributed by atoms with Gasteiger partial charge in [0.05, 0.1) is 11.4 Å². The molecule has 24 heavy (non-hydrogen) atoms. The highest BCUT2D eigenvalue weighted by Crippen LogP contribution is 2.29. The smallest absolute Gasteiger partial charge is 0.187 e. The molecule has 1 N–H and O–H groups in total. The number of hydrogen-bond donors (Lipinski definition) is 1. The summed E-state index contributed by atoms with van der Waals surface area (Å²) in [6.45, 7) is 2.29. The molecule has 122 valence electrons. The van der Waals surface area contributed by atoms with Crippen LogP contribution in [-0.2, 0) is 0 Å². The van der Waals surface area contributed by atoms with Gasteiger partial charge in [0.15, 0.2) is 5.13 Å². The molecule has 2 heterocycles. The van der Waals surface area contributed by atoms with Crippen molar-refractivity contribution in [2.45, 2.75) is 12.8 Å². The van der Waals surface area contributed by atoms with Gasteiger partial charge in [-0.05, 0) is 37.1 Å². The number of aromatic nitrogens is 1. The number of rotatable bonds is 4. The first-order chi connectivity index (χ1) is 11.8. The third kappa shape index (κ3) is 3.12. The van der Waals surface area contributed by atoms with Gasteiger partial charge in [-0.15, -0.1) is 11.3 Å². The molecule has 3 nitrogen and oxygen atoms in total. The van der Waals surface area contributed by atoms with Crippen LogP contribution in [-0.4, -0.2) is 18.1 Å². The average Bonchev–Trinajstić information content (AvgIpc) is 3.29. The van der Waals surface area contributed by atoms with Gasteiger partial charge in [0, 0.05) is 29.7 Å². The van der Waals surface area contributed by atoms with Crippen LogP contribution >= 0.6 is 11.3 Å². The Labute approximate surface area is 144 Å². The molecule has 1 aliphatic heterocycles. The van der Waals surface area contributed by atoms with E-state index in [9.17, 15) is 4.39 Å². The molecule has 3 aromatic rings. The monoisotopic (exact) mass is 339 g/mol. The summed E-state index contributed by atoms with van der Waals surface area (Å²) in [5.41, 5.74) is 3.71. The molecule has 0 aliphatic carbocycles. The highest BCUT2D eigenvalue weighted by molar-refractivity contribution is 7.14. The lowest BCUT2D eigenvalue weighted by molar-refractivity contribution is 0.632. The van der Waals surface area contributed by atoms with E-state index in [-0.39, 0.29) is 5.82 Å². The second kappa shape index (κ2) is 6.61. The van der Waals surface area contributed by atoms with Gasteiger partial charge in [-0.2, -0.15) is 0 Å². The third-order valence-corrected chi connectivity index (χ3v) is 5.01. The van der Waals surface area contributed by atoms with Crippen molar-refractivity contribution in [3.05, 3.63) is 59.7 Å². The Bertz CT molecular complexity index is 823. The van der Waals surface area contributed by atoms with E-state index in [1.54, 1.807) is 18.2 Å². The van der Waals surface area contributed by atoms with E-state index in [4.69, 9.17) is 0 Å². The number of hydrogen-bond acceptors (Lipinski definition) is 4. The van der Waals surface area contributed by atoms with Crippen LogP contribution in [0, 0.1) is 5.82 Å². The Morgan fingerprint density at radius 2 is 1.75 bits per heavy atom. The summed E-state index contributed by atoms with van der Waals surface area (Å²) in [5.74, 6) is -0.274. The predicted molar refractivity (Wildman–Crippen MR) is 98.7 cm³/mol. The first-order valence-electron chi connectivity index (χ1n) is 8.12. The van der Waals surface area contributed by atoms with Gasteiger partial charge in [0.1, 0.15) is 5.82 Å². The van der Waals surface area contributed by atoms with Crippen molar-refractivity contribution >= 4 is 27.8 Å². The summed E-state index contributed by atoms with van der Waals surface area (Å²) < 4.78 is 13.7. The molecule has 1 saturated heterocycles. The Morgan fingerprint density at radius 3 is 2.50 bits per heavy atom. The van der Waals surface area contributed by atoms with Crippen molar-refractivity contribution in [1.29, 1.82) is 0 Å². The number of nitrogens with zero attached hydrogens (tertiary/aromatic N) is 2. The molecule has 0 unspecified atom stereocenters. The molecule has 0 atom stereocenters. The van der Waals surface area contributed by atoms with Crippen LogP contribution in [0.2, 0.25) is 0 Å². The maximum atomic E-state index is 13.7. The number of para-hydroxylation sites is 1. The molecule has 1 fully saturated rings. The Morgan fingerprint density at radius 1 is 1.00 bits per heavy atom. The van der Waals surface area contributed by atoms with E-state index < -0.39 is 0 Å². The highest BCUT2D eigenvalue weighted by Gasteiger charge is 2.12. The molecule has 0 amide bonds. The largest absolute Gasteiger partial charge is 0.372 e. The number of thiazole rings is 1. The van der Waals surface area contributed by atoms with Crippen molar-refractivity contribution in [3.8, 4) is 11.3 Å². The zero-order valence-corrected chi connectivity index (χ0v) is 14.0. The van der Waals surface area contributed by atoms with E-state index in [1.807, 2.05) is 5.38 Å². The molecular weight excluding hydrogens is 321 g/mol. The zero-order chi connectivity index (χ0) is 16.4. The number of nitrogens with one attached hydrogen (secondary N) is 1. The van der Waals surface area contributed by atoms with Crippen molar-refractivity contribution in [3.63, 3.8) is 0 Å². The van der Waals surface area contributed by atoms with Crippen molar-refractivity contribution in [2.24, 2.45) is 0 Å². The molecule has 4 rings (SSSR count). The summed E-state index contributed by atoms with van der Waals surface area (Å²) in [7, 11) is 0. The maximum absolute atomic E-state index is 13.7. The first kappa shape index (κ1) is 15.1. The lowest BCUT2D eigenvalue weighted by atomic mass is 10.1. The molecular formula is C19H18FN3S. The summed E-state index contributed by atoms with van der Waals surface area (Å²) in [5, 5.41) is 5.73. The minimum atomic E-state index is -0.274. The van der Waals surface area contributed by atoms with Gasteiger partial charge in [0.25, 0.3) is 0 Å². The molecule has 0 radical (unpaired) electrons. The van der Waals surface area contributed by atoms with Crippen LogP contribution in [0.5, 0.6) is 0 Å². The zero-order valence-electron chi connectivity index (χ0n) is 13.2. The second-order valence-corrected chi connectivity index (χ2v) is 6.74. The van der Waals surface area contributed by atoms with E-state index in [2.05, 4.69) is 39.5 Å². The summed E-state index contributed by atoms with van der Waals surface area (Å²) >= 11 is 1.48. The number of anilines is 3. The fourth-order valence-corrected chi connectivity index (χ4v) is 3.69. The Hall–Kier alpha value is -2.40. The minimum absolute atomic E-state index is 0.274. The number of benzene rings is 2. The molecule has 1 aromatic heterocycles. The molecule has 0 spiro atoms. The van der Waals surface area contributed by atoms with Gasteiger partial charge < -0.3 is 10.2 Å². The number of halogens is 1. The highest BCUT2D eigenvalue weighted by atomic mass is 32.1. The molecule has 0 saturated carbocycles. The van der Waals surface area contributed by atoms with Gasteiger partial charge in [-0.3, -0.25) is 0 Å². The van der Waals surface area contributed by atoms with Crippen molar-refractivity contribution < 1.29 is 4.39 Å². The van der Waals surface area contributed by atoms with Gasteiger partial charge in [-0.25, -0.2) is 9.37 Å². The van der Waals surface area contributed by atoms with Crippen LogP contribution in [0.3, 0.4) is 0 Å². The minimum Gasteiger partial charge on any atom is -0.372 e. The first-order valence-corrected chi connectivity index (χ1v) is 9.00. The van der Waals surface area contributed by atoms with E-state index in [1.165, 1.54) is 35.9 Å². The Kier molecular flexibility index (Phi) is 4.17. The van der Waals surface area contributed by atoms with E-state index in [0.29, 0.717) is 10.8 Å². The molecule has 5 heteroatoms. The molecule has 2 aromatic carbocycles. The average molecular weight is 339 g/mol. The SMILES string of the molecule is Fc1ccccc1Nc1nc(-c2ccc(N3CCCC3)cc2)cs1. The normalized spacial score (nSPS) is 14.1. The van der Waals surface area contributed by atoms with Crippen molar-refractivity contribution in [1.82, 2.24) is 4.98 Å². The van der Waals surface area contributed by atoms with Gasteiger partial charge >= 0.3 is 0 Å². The second-order valence-electron chi connectivity index (χ2n) is 5.88. The van der Waals surface area contributed by atoms with Crippen LogP contribution in [0.25, 0.3) is 11.3 Å². The molecule has 1 aliphatic rings. The topological polar surface area (TPSA) is 28.2 Å². The predicted octanol–water partition coefficient (Wildman–Crippen LogP) is 5.29. The fourth-order valence-electron chi connectivity index (χ4n) is 2.96. The van der Waals surface area contributed by atoms with Crippen LogP contribution in [0.15, 0.2) is 53.9 Å².